The second-order valence-electron chi connectivity index (χ2n) is 8.73. The molecule has 0 aromatic heterocycles. The molecular weight excluding hydrogens is 306 g/mol. The van der Waals surface area contributed by atoms with Gasteiger partial charge in [0.05, 0.1) is 18.6 Å². The number of carbonyl (C=O) groups is 2. The monoisotopic (exact) mass is 328 g/mol. The van der Waals surface area contributed by atoms with Gasteiger partial charge in [-0.1, -0.05) is 37.6 Å². The molecule has 6 rings (SSSR count). The molecule has 3 aliphatic heterocycles. The van der Waals surface area contributed by atoms with Gasteiger partial charge in [0.15, 0.2) is 0 Å². The van der Waals surface area contributed by atoms with Crippen LogP contribution in [0, 0.1) is 29.1 Å². The molecule has 5 heteroatoms. The molecule has 0 radical (unpaired) electrons. The van der Waals surface area contributed by atoms with Gasteiger partial charge in [-0.25, -0.2) is 0 Å². The van der Waals surface area contributed by atoms with Crippen LogP contribution in [0.4, 0.5) is 0 Å². The fraction of sp³-hybridized carbons (Fsp3) is 0.684. The molecule has 0 aromatic rings. The zero-order valence-electron chi connectivity index (χ0n) is 14.0. The van der Waals surface area contributed by atoms with E-state index in [0.29, 0.717) is 24.4 Å². The zero-order valence-corrected chi connectivity index (χ0v) is 14.0. The van der Waals surface area contributed by atoms with E-state index in [1.807, 2.05) is 11.0 Å². The van der Waals surface area contributed by atoms with E-state index in [4.69, 9.17) is 4.74 Å². The number of fused-ring (bicyclic) bond motifs is 2. The summed E-state index contributed by atoms with van der Waals surface area (Å²) in [5, 5.41) is 11.5. The largest absolute Gasteiger partial charge is 0.550 e. The maximum Gasteiger partial charge on any atom is 0.230 e. The van der Waals surface area contributed by atoms with E-state index in [1.165, 1.54) is 12.0 Å². The second-order valence-corrected chi connectivity index (χ2v) is 8.73. The molecule has 1 saturated carbocycles. The second kappa shape index (κ2) is 4.31. The first kappa shape index (κ1) is 14.7. The molecule has 4 bridgehead atoms. The van der Waals surface area contributed by atoms with Gasteiger partial charge >= 0.3 is 0 Å². The topological polar surface area (TPSA) is 69.7 Å². The van der Waals surface area contributed by atoms with Gasteiger partial charge in [0, 0.05) is 18.4 Å². The van der Waals surface area contributed by atoms with Crippen molar-refractivity contribution in [1.82, 2.24) is 4.90 Å². The Morgan fingerprint density at radius 3 is 2.92 bits per heavy atom. The summed E-state index contributed by atoms with van der Waals surface area (Å²) in [5.41, 5.74) is 0.915. The minimum atomic E-state index is -1.17. The summed E-state index contributed by atoms with van der Waals surface area (Å²) in [4.78, 5) is 26.3. The molecule has 3 fully saturated rings. The number of nitrogens with zero attached hydrogens (tertiary/aromatic N) is 1. The van der Waals surface area contributed by atoms with Crippen molar-refractivity contribution in [3.8, 4) is 0 Å². The Morgan fingerprint density at radius 1 is 1.46 bits per heavy atom. The number of ether oxygens (including phenoxy) is 1. The van der Waals surface area contributed by atoms with Crippen LogP contribution in [0.25, 0.3) is 0 Å². The zero-order chi connectivity index (χ0) is 16.9. The number of allylic oxidation sites excluding steroid dienone is 1. The smallest absolute Gasteiger partial charge is 0.230 e. The van der Waals surface area contributed by atoms with E-state index in [9.17, 15) is 14.7 Å². The number of hydrogen-bond acceptors (Lipinski definition) is 4. The first-order valence-corrected chi connectivity index (χ1v) is 8.89. The summed E-state index contributed by atoms with van der Waals surface area (Å²) in [6.45, 7) is 5.70. The number of likely N-dealkylation sites (tertiary alicyclic amines) is 1. The van der Waals surface area contributed by atoms with Crippen molar-refractivity contribution in [3.63, 3.8) is 0 Å². The summed E-state index contributed by atoms with van der Waals surface area (Å²) >= 11 is 0. The Kier molecular flexibility index (Phi) is 2.64. The molecule has 1 amide bonds. The normalized spacial score (nSPS) is 46.8. The van der Waals surface area contributed by atoms with Crippen LogP contribution in [0.1, 0.15) is 26.7 Å². The van der Waals surface area contributed by atoms with Gasteiger partial charge < -0.3 is 19.5 Å². The molecule has 24 heavy (non-hydrogen) atoms. The van der Waals surface area contributed by atoms with E-state index >= 15 is 0 Å². The van der Waals surface area contributed by atoms with Crippen LogP contribution in [0.15, 0.2) is 23.8 Å². The van der Waals surface area contributed by atoms with Crippen molar-refractivity contribution in [1.29, 1.82) is 0 Å². The Bertz CT molecular complexity index is 708. The Labute approximate surface area is 141 Å². The number of carbonyl (C=O) groups excluding carboxylic acids is 2. The maximum atomic E-state index is 12.9. The SMILES string of the molecule is CC1(C)[C@H]2CC=C(CN3C[C@@]45C=C[C@@H](O4)[C@H](C(=O)[O-])[C@H]5C3=O)[C@@H]1C2. The molecule has 0 unspecified atom stereocenters. The van der Waals surface area contributed by atoms with Gasteiger partial charge in [-0.05, 0) is 30.1 Å². The Morgan fingerprint density at radius 2 is 2.25 bits per heavy atom. The number of hydrogen-bond donors (Lipinski definition) is 0. The highest BCUT2D eigenvalue weighted by molar-refractivity contribution is 5.90. The average Bonchev–Trinajstić information content (AvgIpc) is 3.16. The third kappa shape index (κ3) is 1.59. The van der Waals surface area contributed by atoms with Crippen LogP contribution >= 0.6 is 0 Å². The van der Waals surface area contributed by atoms with E-state index in [2.05, 4.69) is 19.9 Å². The van der Waals surface area contributed by atoms with Crippen molar-refractivity contribution in [3.05, 3.63) is 23.8 Å². The van der Waals surface area contributed by atoms with Gasteiger partial charge in [0.2, 0.25) is 5.91 Å². The molecule has 6 aliphatic rings. The summed E-state index contributed by atoms with van der Waals surface area (Å²) in [6, 6.07) is 0. The van der Waals surface area contributed by atoms with Crippen molar-refractivity contribution in [2.24, 2.45) is 29.1 Å². The quantitative estimate of drug-likeness (QED) is 0.708. The Hall–Kier alpha value is -1.62. The molecule has 3 aliphatic carbocycles. The first-order valence-electron chi connectivity index (χ1n) is 8.89. The van der Waals surface area contributed by atoms with E-state index in [-0.39, 0.29) is 5.91 Å². The number of rotatable bonds is 3. The van der Waals surface area contributed by atoms with E-state index < -0.39 is 29.5 Å². The fourth-order valence-electron chi connectivity index (χ4n) is 5.86. The number of aliphatic carboxylic acids is 1. The highest BCUT2D eigenvalue weighted by Crippen LogP contribution is 2.59. The average molecular weight is 328 g/mol. The van der Waals surface area contributed by atoms with E-state index in [0.717, 1.165) is 12.3 Å². The summed E-state index contributed by atoms with van der Waals surface area (Å²) in [5.74, 6) is -1.42. The van der Waals surface area contributed by atoms with Crippen molar-refractivity contribution >= 4 is 11.9 Å². The van der Waals surface area contributed by atoms with Gasteiger partial charge in [0.1, 0.15) is 5.60 Å². The lowest BCUT2D eigenvalue weighted by molar-refractivity contribution is -0.313. The summed E-state index contributed by atoms with van der Waals surface area (Å²) in [7, 11) is 0. The molecule has 0 N–H and O–H groups in total. The van der Waals surface area contributed by atoms with Gasteiger partial charge in [-0.2, -0.15) is 0 Å². The maximum absolute atomic E-state index is 12.9. The van der Waals surface area contributed by atoms with Gasteiger partial charge in [-0.15, -0.1) is 0 Å². The molecule has 1 spiro atoms. The highest BCUT2D eigenvalue weighted by atomic mass is 16.5. The third-order valence-corrected chi connectivity index (χ3v) is 7.41. The molecule has 3 heterocycles. The predicted octanol–water partition coefficient (Wildman–Crippen LogP) is 0.511. The highest BCUT2D eigenvalue weighted by Gasteiger charge is 2.65. The lowest BCUT2D eigenvalue weighted by Gasteiger charge is -2.56. The van der Waals surface area contributed by atoms with Crippen LogP contribution in [-0.4, -0.2) is 41.6 Å². The van der Waals surface area contributed by atoms with Gasteiger partial charge in [0.25, 0.3) is 0 Å². The number of carboxylic acid groups (broad SMARTS) is 1. The third-order valence-electron chi connectivity index (χ3n) is 7.41. The predicted molar refractivity (Wildman–Crippen MR) is 83.4 cm³/mol. The molecule has 0 aromatic carbocycles. The van der Waals surface area contributed by atoms with Crippen LogP contribution in [-0.2, 0) is 14.3 Å². The lowest BCUT2D eigenvalue weighted by atomic mass is 9.49. The lowest BCUT2D eigenvalue weighted by Crippen LogP contribution is -2.50. The molecule has 5 nitrogen and oxygen atoms in total. The molecular formula is C19H22NO4-. The molecule has 6 atom stereocenters. The minimum absolute atomic E-state index is 0.0868. The van der Waals surface area contributed by atoms with E-state index in [1.54, 1.807) is 6.08 Å². The van der Waals surface area contributed by atoms with Gasteiger partial charge in [-0.3, -0.25) is 4.79 Å². The molecule has 2 saturated heterocycles. The summed E-state index contributed by atoms with van der Waals surface area (Å²) in [6.07, 6.45) is 7.79. The van der Waals surface area contributed by atoms with Crippen LogP contribution < -0.4 is 5.11 Å². The Balaban J connectivity index is 1.40. The van der Waals surface area contributed by atoms with Crippen molar-refractivity contribution in [2.45, 2.75) is 38.4 Å². The molecule has 128 valence electrons. The minimum Gasteiger partial charge on any atom is -0.550 e. The fourth-order valence-corrected chi connectivity index (χ4v) is 5.86. The van der Waals surface area contributed by atoms with Crippen LogP contribution in [0.3, 0.4) is 0 Å². The number of carboxylic acids is 1. The van der Waals surface area contributed by atoms with Crippen molar-refractivity contribution < 1.29 is 19.4 Å². The first-order chi connectivity index (χ1) is 11.3. The van der Waals surface area contributed by atoms with Crippen molar-refractivity contribution in [2.75, 3.05) is 13.1 Å². The number of amides is 1. The van der Waals surface area contributed by atoms with Crippen LogP contribution in [0.5, 0.6) is 0 Å². The summed E-state index contributed by atoms with van der Waals surface area (Å²) < 4.78 is 5.91. The standard InChI is InChI=1S/C19H23NO4/c1-18(2)11-4-3-10(12(18)7-11)8-20-9-19-6-5-13(24-19)14(17(22)23)15(19)16(20)21/h3,5-6,11-15H,4,7-9H2,1-2H3,(H,22,23)/p-1/t11-,12-,13+,14-,15-,19+/m0/s1. The van der Waals surface area contributed by atoms with Crippen LogP contribution in [0.2, 0.25) is 0 Å².